The van der Waals surface area contributed by atoms with Gasteiger partial charge in [0, 0.05) is 12.1 Å². The van der Waals surface area contributed by atoms with Gasteiger partial charge < -0.3 is 5.32 Å². The van der Waals surface area contributed by atoms with E-state index in [-0.39, 0.29) is 0 Å². The molecular formula is C19H29N. The monoisotopic (exact) mass is 271 g/mol. The maximum atomic E-state index is 3.91. The highest BCUT2D eigenvalue weighted by molar-refractivity contribution is 5.31. The lowest BCUT2D eigenvalue weighted by atomic mass is 9.73. The van der Waals surface area contributed by atoms with Crippen LogP contribution < -0.4 is 5.32 Å². The van der Waals surface area contributed by atoms with Crippen LogP contribution in [-0.2, 0) is 0 Å². The van der Waals surface area contributed by atoms with Crippen LogP contribution in [0.3, 0.4) is 0 Å². The van der Waals surface area contributed by atoms with Crippen molar-refractivity contribution in [3.8, 4) is 0 Å². The summed E-state index contributed by atoms with van der Waals surface area (Å²) in [6.45, 7) is 4.66. The molecule has 1 atom stereocenters. The Labute approximate surface area is 124 Å². The van der Waals surface area contributed by atoms with E-state index >= 15 is 0 Å². The van der Waals surface area contributed by atoms with Crippen LogP contribution in [0.5, 0.6) is 0 Å². The van der Waals surface area contributed by atoms with Crippen molar-refractivity contribution in [3.05, 3.63) is 35.4 Å². The van der Waals surface area contributed by atoms with E-state index in [1.165, 1.54) is 50.5 Å². The van der Waals surface area contributed by atoms with Crippen LogP contribution in [0.1, 0.15) is 68.9 Å². The van der Waals surface area contributed by atoms with Crippen molar-refractivity contribution in [3.63, 3.8) is 0 Å². The molecule has 110 valence electrons. The molecule has 1 aromatic rings. The largest absolute Gasteiger partial charge is 0.311 e. The van der Waals surface area contributed by atoms with Gasteiger partial charge in [-0.05, 0) is 62.5 Å². The fourth-order valence-corrected chi connectivity index (χ4v) is 4.19. The second kappa shape index (κ2) is 6.30. The maximum absolute atomic E-state index is 3.91. The number of aryl methyl sites for hydroxylation is 1. The molecule has 2 saturated carbocycles. The molecule has 3 rings (SSSR count). The standard InChI is InChI=1S/C19H29N/c1-14-8-6-7-11-19(14)17-12-18(13-17)20-15(2)16-9-4-3-5-10-16/h6-8,11,15-18,20H,3-5,9-10,12-13H2,1-2H3/t15-,17?,18?/m1/s1. The zero-order chi connectivity index (χ0) is 13.9. The molecule has 0 bridgehead atoms. The van der Waals surface area contributed by atoms with E-state index in [2.05, 4.69) is 43.4 Å². The summed E-state index contributed by atoms with van der Waals surface area (Å²) in [5.74, 6) is 1.73. The number of hydrogen-bond donors (Lipinski definition) is 1. The normalized spacial score (nSPS) is 28.9. The van der Waals surface area contributed by atoms with Crippen LogP contribution in [0.4, 0.5) is 0 Å². The summed E-state index contributed by atoms with van der Waals surface area (Å²) < 4.78 is 0. The Morgan fingerprint density at radius 2 is 1.75 bits per heavy atom. The molecule has 0 aromatic heterocycles. The van der Waals surface area contributed by atoms with Gasteiger partial charge in [-0.25, -0.2) is 0 Å². The number of hydrogen-bond acceptors (Lipinski definition) is 1. The molecule has 1 aromatic carbocycles. The Kier molecular flexibility index (Phi) is 4.45. The van der Waals surface area contributed by atoms with Gasteiger partial charge in [-0.15, -0.1) is 0 Å². The lowest BCUT2D eigenvalue weighted by molar-refractivity contribution is 0.210. The van der Waals surface area contributed by atoms with Gasteiger partial charge in [0.15, 0.2) is 0 Å². The zero-order valence-corrected chi connectivity index (χ0v) is 13.1. The average molecular weight is 271 g/mol. The third-order valence-electron chi connectivity index (χ3n) is 5.62. The smallest absolute Gasteiger partial charge is 0.00813 e. The lowest BCUT2D eigenvalue weighted by Gasteiger charge is -2.41. The zero-order valence-electron chi connectivity index (χ0n) is 13.1. The first kappa shape index (κ1) is 14.1. The van der Waals surface area contributed by atoms with Gasteiger partial charge in [-0.1, -0.05) is 43.5 Å². The van der Waals surface area contributed by atoms with E-state index in [1.54, 1.807) is 5.56 Å². The molecule has 2 aliphatic carbocycles. The second-order valence-corrected chi connectivity index (χ2v) is 7.08. The van der Waals surface area contributed by atoms with Gasteiger partial charge >= 0.3 is 0 Å². The van der Waals surface area contributed by atoms with Crippen molar-refractivity contribution < 1.29 is 0 Å². The molecule has 20 heavy (non-hydrogen) atoms. The number of nitrogens with one attached hydrogen (secondary N) is 1. The van der Waals surface area contributed by atoms with Gasteiger partial charge in [0.2, 0.25) is 0 Å². The summed E-state index contributed by atoms with van der Waals surface area (Å²) >= 11 is 0. The van der Waals surface area contributed by atoms with E-state index in [9.17, 15) is 0 Å². The van der Waals surface area contributed by atoms with Crippen LogP contribution in [0.2, 0.25) is 0 Å². The molecule has 0 amide bonds. The maximum Gasteiger partial charge on any atom is 0.00813 e. The van der Waals surface area contributed by atoms with Crippen molar-refractivity contribution in [2.75, 3.05) is 0 Å². The van der Waals surface area contributed by atoms with E-state index < -0.39 is 0 Å². The van der Waals surface area contributed by atoms with Crippen molar-refractivity contribution in [2.45, 2.75) is 76.8 Å². The molecule has 0 heterocycles. The van der Waals surface area contributed by atoms with Crippen molar-refractivity contribution in [1.29, 1.82) is 0 Å². The minimum absolute atomic E-state index is 0.720. The van der Waals surface area contributed by atoms with Gasteiger partial charge in [-0.2, -0.15) is 0 Å². The number of benzene rings is 1. The van der Waals surface area contributed by atoms with Crippen molar-refractivity contribution in [2.24, 2.45) is 5.92 Å². The van der Waals surface area contributed by atoms with Gasteiger partial charge in [0.25, 0.3) is 0 Å². The van der Waals surface area contributed by atoms with Gasteiger partial charge in [0.05, 0.1) is 0 Å². The minimum Gasteiger partial charge on any atom is -0.311 e. The van der Waals surface area contributed by atoms with E-state index in [0.717, 1.165) is 23.9 Å². The summed E-state index contributed by atoms with van der Waals surface area (Å²) in [4.78, 5) is 0. The van der Waals surface area contributed by atoms with Crippen LogP contribution in [-0.4, -0.2) is 12.1 Å². The Morgan fingerprint density at radius 3 is 2.45 bits per heavy atom. The topological polar surface area (TPSA) is 12.0 Å². The molecule has 1 N–H and O–H groups in total. The van der Waals surface area contributed by atoms with Crippen LogP contribution in [0, 0.1) is 12.8 Å². The summed E-state index contributed by atoms with van der Waals surface area (Å²) in [6.07, 6.45) is 9.93. The molecule has 0 saturated heterocycles. The molecule has 2 aliphatic rings. The molecule has 0 spiro atoms. The Bertz CT molecular complexity index is 427. The predicted octanol–water partition coefficient (Wildman–Crippen LogP) is 4.80. The highest BCUT2D eigenvalue weighted by Crippen LogP contribution is 2.39. The first-order valence-electron chi connectivity index (χ1n) is 8.55. The summed E-state index contributed by atoms with van der Waals surface area (Å²) in [5, 5.41) is 3.91. The van der Waals surface area contributed by atoms with E-state index in [0.29, 0.717) is 0 Å². The van der Waals surface area contributed by atoms with Crippen molar-refractivity contribution in [1.82, 2.24) is 5.32 Å². The van der Waals surface area contributed by atoms with E-state index in [4.69, 9.17) is 0 Å². The minimum atomic E-state index is 0.720. The first-order chi connectivity index (χ1) is 9.74. The van der Waals surface area contributed by atoms with E-state index in [1.807, 2.05) is 0 Å². The highest BCUT2D eigenvalue weighted by atomic mass is 15.0. The molecule has 1 nitrogen and oxygen atoms in total. The Morgan fingerprint density at radius 1 is 1.05 bits per heavy atom. The van der Waals surface area contributed by atoms with Crippen LogP contribution in [0.25, 0.3) is 0 Å². The van der Waals surface area contributed by atoms with Gasteiger partial charge in [0.1, 0.15) is 0 Å². The summed E-state index contributed by atoms with van der Waals surface area (Å²) in [7, 11) is 0. The quantitative estimate of drug-likeness (QED) is 0.829. The average Bonchev–Trinajstić information content (AvgIpc) is 2.44. The fourth-order valence-electron chi connectivity index (χ4n) is 4.19. The molecule has 0 unspecified atom stereocenters. The van der Waals surface area contributed by atoms with Crippen LogP contribution >= 0.6 is 0 Å². The Balaban J connectivity index is 1.47. The molecular weight excluding hydrogens is 242 g/mol. The predicted molar refractivity (Wildman–Crippen MR) is 86.1 cm³/mol. The van der Waals surface area contributed by atoms with Crippen molar-refractivity contribution >= 4 is 0 Å². The fraction of sp³-hybridized carbons (Fsp3) is 0.684. The third-order valence-corrected chi connectivity index (χ3v) is 5.62. The van der Waals surface area contributed by atoms with Gasteiger partial charge in [-0.3, -0.25) is 0 Å². The lowest BCUT2D eigenvalue weighted by Crippen LogP contribution is -2.47. The summed E-state index contributed by atoms with van der Waals surface area (Å²) in [5.41, 5.74) is 3.05. The summed E-state index contributed by atoms with van der Waals surface area (Å²) in [6, 6.07) is 10.4. The highest BCUT2D eigenvalue weighted by Gasteiger charge is 2.33. The third kappa shape index (κ3) is 3.09. The molecule has 0 aliphatic heterocycles. The first-order valence-corrected chi connectivity index (χ1v) is 8.55. The second-order valence-electron chi connectivity index (χ2n) is 7.08. The molecule has 0 radical (unpaired) electrons. The number of rotatable bonds is 4. The molecule has 1 heteroatoms. The SMILES string of the molecule is Cc1ccccc1C1CC(N[C@H](C)C2CCCCC2)C1. The Hall–Kier alpha value is -0.820. The molecule has 2 fully saturated rings. The van der Waals surface area contributed by atoms with Crippen LogP contribution in [0.15, 0.2) is 24.3 Å².